The van der Waals surface area contributed by atoms with Crippen LogP contribution in [-0.4, -0.2) is 22.4 Å². The van der Waals surface area contributed by atoms with E-state index in [2.05, 4.69) is 21.9 Å². The maximum Gasteiger partial charge on any atom is 0.243 e. The average Bonchev–Trinajstić information content (AvgIpc) is 2.17. The molecule has 1 amide bonds. The van der Waals surface area contributed by atoms with Crippen LogP contribution in [-0.2, 0) is 11.2 Å². The van der Waals surface area contributed by atoms with E-state index >= 15 is 0 Å². The molecule has 74 valence electrons. The molecule has 0 aromatic carbocycles. The van der Waals surface area contributed by atoms with Gasteiger partial charge >= 0.3 is 0 Å². The number of hydrogen-bond donors (Lipinski definition) is 1. The maximum absolute atomic E-state index is 10.8. The number of rotatable bonds is 4. The van der Waals surface area contributed by atoms with Gasteiger partial charge in [-0.25, -0.2) is 9.97 Å². The second-order valence-corrected chi connectivity index (χ2v) is 2.86. The van der Waals surface area contributed by atoms with Crippen molar-refractivity contribution in [2.24, 2.45) is 0 Å². The Hall–Kier alpha value is -1.71. The van der Waals surface area contributed by atoms with Crippen LogP contribution < -0.4 is 5.32 Å². The molecule has 4 heteroatoms. The van der Waals surface area contributed by atoms with Gasteiger partial charge in [-0.1, -0.05) is 6.58 Å². The fraction of sp³-hybridized carbons (Fsp3) is 0.300. The first-order valence-electron chi connectivity index (χ1n) is 4.41. The predicted octanol–water partition coefficient (Wildman–Crippen LogP) is 0.630. The third kappa shape index (κ3) is 3.35. The van der Waals surface area contributed by atoms with Crippen LogP contribution in [0.15, 0.2) is 24.9 Å². The summed E-state index contributed by atoms with van der Waals surface area (Å²) in [7, 11) is 0. The second-order valence-electron chi connectivity index (χ2n) is 2.86. The summed E-state index contributed by atoms with van der Waals surface area (Å²) in [5.74, 6) is 0.576. The number of aryl methyl sites for hydroxylation is 1. The molecule has 0 saturated carbocycles. The van der Waals surface area contributed by atoms with E-state index in [-0.39, 0.29) is 5.91 Å². The summed E-state index contributed by atoms with van der Waals surface area (Å²) in [5.41, 5.74) is 0.935. The van der Waals surface area contributed by atoms with E-state index in [0.29, 0.717) is 13.0 Å². The lowest BCUT2D eigenvalue weighted by atomic mass is 10.3. The standard InChI is InChI=1S/C10H13N3O/c1-3-10(14)12-7-5-9-11-6-4-8(2)13-9/h3-4,6H,1,5,7H2,2H3,(H,12,14). The van der Waals surface area contributed by atoms with Gasteiger partial charge in [0.05, 0.1) is 0 Å². The Labute approximate surface area is 83.1 Å². The third-order valence-corrected chi connectivity index (χ3v) is 1.68. The minimum atomic E-state index is -0.169. The molecule has 1 N–H and O–H groups in total. The van der Waals surface area contributed by atoms with Crippen LogP contribution in [0.25, 0.3) is 0 Å². The Kier molecular flexibility index (Phi) is 3.79. The molecule has 0 spiro atoms. The zero-order valence-corrected chi connectivity index (χ0v) is 8.16. The summed E-state index contributed by atoms with van der Waals surface area (Å²) in [5, 5.41) is 2.66. The number of nitrogens with one attached hydrogen (secondary N) is 1. The Morgan fingerprint density at radius 2 is 2.50 bits per heavy atom. The number of carbonyl (C=O) groups excluding carboxylic acids is 1. The van der Waals surface area contributed by atoms with Crippen molar-refractivity contribution in [3.05, 3.63) is 36.4 Å². The third-order valence-electron chi connectivity index (χ3n) is 1.68. The average molecular weight is 191 g/mol. The number of carbonyl (C=O) groups is 1. The molecule has 1 rings (SSSR count). The molecule has 0 aliphatic carbocycles. The van der Waals surface area contributed by atoms with E-state index in [1.165, 1.54) is 6.08 Å². The highest BCUT2D eigenvalue weighted by atomic mass is 16.1. The van der Waals surface area contributed by atoms with Gasteiger partial charge in [-0.15, -0.1) is 0 Å². The van der Waals surface area contributed by atoms with Gasteiger partial charge in [0.15, 0.2) is 0 Å². The molecular weight excluding hydrogens is 178 g/mol. The molecule has 0 aliphatic rings. The first-order valence-corrected chi connectivity index (χ1v) is 4.41. The van der Waals surface area contributed by atoms with Crippen LogP contribution in [0.4, 0.5) is 0 Å². The van der Waals surface area contributed by atoms with Crippen molar-refractivity contribution < 1.29 is 4.79 Å². The lowest BCUT2D eigenvalue weighted by Crippen LogP contribution is -2.23. The van der Waals surface area contributed by atoms with Crippen molar-refractivity contribution >= 4 is 5.91 Å². The molecule has 0 unspecified atom stereocenters. The van der Waals surface area contributed by atoms with E-state index in [9.17, 15) is 4.79 Å². The van der Waals surface area contributed by atoms with Crippen LogP contribution in [0.2, 0.25) is 0 Å². The molecule has 14 heavy (non-hydrogen) atoms. The van der Waals surface area contributed by atoms with Crippen LogP contribution in [0.1, 0.15) is 11.5 Å². The molecule has 4 nitrogen and oxygen atoms in total. The van der Waals surface area contributed by atoms with Crippen molar-refractivity contribution in [2.75, 3.05) is 6.54 Å². The molecule has 1 aromatic rings. The Bertz CT molecular complexity index is 336. The molecule has 0 radical (unpaired) electrons. The molecular formula is C10H13N3O. The maximum atomic E-state index is 10.8. The van der Waals surface area contributed by atoms with Crippen LogP contribution >= 0.6 is 0 Å². The van der Waals surface area contributed by atoms with Crippen LogP contribution in [0, 0.1) is 6.92 Å². The molecule has 0 aliphatic heterocycles. The van der Waals surface area contributed by atoms with Gasteiger partial charge < -0.3 is 5.32 Å². The molecule has 1 aromatic heterocycles. The number of nitrogens with zero attached hydrogens (tertiary/aromatic N) is 2. The smallest absolute Gasteiger partial charge is 0.243 e. The first kappa shape index (κ1) is 10.4. The second kappa shape index (κ2) is 5.11. The van der Waals surface area contributed by atoms with Crippen LogP contribution in [0.3, 0.4) is 0 Å². The van der Waals surface area contributed by atoms with Gasteiger partial charge in [0.1, 0.15) is 5.82 Å². The summed E-state index contributed by atoms with van der Waals surface area (Å²) in [6.07, 6.45) is 3.60. The zero-order valence-electron chi connectivity index (χ0n) is 8.16. The molecule has 0 saturated heterocycles. The zero-order chi connectivity index (χ0) is 10.4. The highest BCUT2D eigenvalue weighted by molar-refractivity contribution is 5.86. The van der Waals surface area contributed by atoms with E-state index in [1.54, 1.807) is 6.20 Å². The van der Waals surface area contributed by atoms with E-state index in [4.69, 9.17) is 0 Å². The highest BCUT2D eigenvalue weighted by Gasteiger charge is 1.97. The van der Waals surface area contributed by atoms with Crippen molar-refractivity contribution in [3.63, 3.8) is 0 Å². The summed E-state index contributed by atoms with van der Waals surface area (Å²) < 4.78 is 0. The Balaban J connectivity index is 2.38. The normalized spacial score (nSPS) is 9.50. The SMILES string of the molecule is C=CC(=O)NCCc1nccc(C)n1. The Morgan fingerprint density at radius 3 is 3.14 bits per heavy atom. The first-order chi connectivity index (χ1) is 6.72. The minimum absolute atomic E-state index is 0.169. The van der Waals surface area contributed by atoms with Crippen molar-refractivity contribution in [1.29, 1.82) is 0 Å². The monoisotopic (exact) mass is 191 g/mol. The van der Waals surface area contributed by atoms with E-state index in [1.807, 2.05) is 13.0 Å². The quantitative estimate of drug-likeness (QED) is 0.710. The molecule has 1 heterocycles. The van der Waals surface area contributed by atoms with Gasteiger partial charge in [0.25, 0.3) is 0 Å². The predicted molar refractivity (Wildman–Crippen MR) is 53.7 cm³/mol. The van der Waals surface area contributed by atoms with E-state index in [0.717, 1.165) is 11.5 Å². The Morgan fingerprint density at radius 1 is 1.71 bits per heavy atom. The number of hydrogen-bond acceptors (Lipinski definition) is 3. The fourth-order valence-corrected chi connectivity index (χ4v) is 0.991. The molecule has 0 atom stereocenters. The largest absolute Gasteiger partial charge is 0.352 e. The van der Waals surface area contributed by atoms with Gasteiger partial charge in [-0.3, -0.25) is 4.79 Å². The van der Waals surface area contributed by atoms with Gasteiger partial charge in [0, 0.05) is 24.9 Å². The lowest BCUT2D eigenvalue weighted by molar-refractivity contribution is -0.116. The summed E-state index contributed by atoms with van der Waals surface area (Å²) in [6.45, 7) is 5.80. The minimum Gasteiger partial charge on any atom is -0.352 e. The molecule has 0 bridgehead atoms. The summed E-state index contributed by atoms with van der Waals surface area (Å²) in [6, 6.07) is 1.84. The van der Waals surface area contributed by atoms with Gasteiger partial charge in [0.2, 0.25) is 5.91 Å². The lowest BCUT2D eigenvalue weighted by Gasteiger charge is -2.01. The number of amides is 1. The van der Waals surface area contributed by atoms with Gasteiger partial charge in [-0.2, -0.15) is 0 Å². The fourth-order valence-electron chi connectivity index (χ4n) is 0.991. The molecule has 0 fully saturated rings. The summed E-state index contributed by atoms with van der Waals surface area (Å²) in [4.78, 5) is 19.1. The van der Waals surface area contributed by atoms with Crippen molar-refractivity contribution in [2.45, 2.75) is 13.3 Å². The highest BCUT2D eigenvalue weighted by Crippen LogP contribution is 1.93. The van der Waals surface area contributed by atoms with Crippen molar-refractivity contribution in [3.8, 4) is 0 Å². The van der Waals surface area contributed by atoms with E-state index < -0.39 is 0 Å². The number of aromatic nitrogens is 2. The van der Waals surface area contributed by atoms with Crippen molar-refractivity contribution in [1.82, 2.24) is 15.3 Å². The van der Waals surface area contributed by atoms with Gasteiger partial charge in [-0.05, 0) is 19.1 Å². The topological polar surface area (TPSA) is 54.9 Å². The summed E-state index contributed by atoms with van der Waals surface area (Å²) >= 11 is 0. The van der Waals surface area contributed by atoms with Crippen LogP contribution in [0.5, 0.6) is 0 Å².